The van der Waals surface area contributed by atoms with Crippen LogP contribution in [0.15, 0.2) is 15.0 Å². The Morgan fingerprint density at radius 2 is 1.69 bits per heavy atom. The molecule has 0 fully saturated rings. The van der Waals surface area contributed by atoms with Crippen molar-refractivity contribution in [1.29, 1.82) is 0 Å². The van der Waals surface area contributed by atoms with E-state index in [0.29, 0.717) is 6.07 Å². The molecule has 0 spiro atoms. The number of hydrogen-bond donors (Lipinski definition) is 2. The molecule has 0 bridgehead atoms. The third-order valence-electron chi connectivity index (χ3n) is 1.67. The summed E-state index contributed by atoms with van der Waals surface area (Å²) in [5.41, 5.74) is -0.941. The monoisotopic (exact) mass is 362 g/mol. The largest absolute Gasteiger partial charge is 0.506 e. The van der Waals surface area contributed by atoms with Gasteiger partial charge in [0, 0.05) is 0 Å². The topological polar surface area (TPSA) is 57.5 Å². The number of ketones is 1. The first kappa shape index (κ1) is 13.3. The van der Waals surface area contributed by atoms with Crippen molar-refractivity contribution in [2.24, 2.45) is 0 Å². The smallest absolute Gasteiger partial charge is 0.455 e. The lowest BCUT2D eigenvalue weighted by Gasteiger charge is -2.10. The van der Waals surface area contributed by atoms with E-state index in [0.717, 1.165) is 0 Å². The van der Waals surface area contributed by atoms with Crippen molar-refractivity contribution in [3.05, 3.63) is 20.6 Å². The van der Waals surface area contributed by atoms with Gasteiger partial charge in [-0.25, -0.2) is 0 Å². The average Bonchev–Trinajstić information content (AvgIpc) is 2.18. The maximum Gasteiger partial charge on any atom is 0.455 e. The van der Waals surface area contributed by atoms with Crippen LogP contribution in [0.5, 0.6) is 11.5 Å². The van der Waals surface area contributed by atoms with E-state index in [-0.39, 0.29) is 8.95 Å². The van der Waals surface area contributed by atoms with E-state index < -0.39 is 29.0 Å². The number of halogens is 5. The minimum atomic E-state index is -5.09. The lowest BCUT2D eigenvalue weighted by Crippen LogP contribution is -2.22. The molecule has 0 unspecified atom stereocenters. The Hall–Kier alpha value is -0.760. The Bertz CT molecular complexity index is 457. The number of aromatic hydroxyl groups is 2. The maximum atomic E-state index is 12.1. The summed E-state index contributed by atoms with van der Waals surface area (Å²) in [5, 5.41) is 18.5. The van der Waals surface area contributed by atoms with Crippen molar-refractivity contribution in [3.63, 3.8) is 0 Å². The van der Waals surface area contributed by atoms with Crippen LogP contribution in [0.25, 0.3) is 0 Å². The Balaban J connectivity index is 3.43. The van der Waals surface area contributed by atoms with Crippen molar-refractivity contribution in [3.8, 4) is 11.5 Å². The Morgan fingerprint density at radius 3 is 2.12 bits per heavy atom. The summed E-state index contributed by atoms with van der Waals surface area (Å²) in [6.45, 7) is 0. The van der Waals surface area contributed by atoms with E-state index in [9.17, 15) is 28.2 Å². The quantitative estimate of drug-likeness (QED) is 0.752. The first-order valence-electron chi connectivity index (χ1n) is 3.67. The summed E-state index contributed by atoms with van der Waals surface area (Å²) in [6, 6.07) is 0.700. The van der Waals surface area contributed by atoms with E-state index in [4.69, 9.17) is 0 Å². The molecular weight excluding hydrogens is 361 g/mol. The fourth-order valence-corrected chi connectivity index (χ4v) is 2.04. The number of Topliss-reactive ketones (excluding diaryl/α,β-unsaturated/α-hetero) is 1. The molecule has 1 aromatic carbocycles. The predicted octanol–water partition coefficient (Wildman–Crippen LogP) is 3.37. The average molecular weight is 364 g/mol. The molecule has 16 heavy (non-hydrogen) atoms. The number of carbonyl (C=O) groups is 1. The fraction of sp³-hybridized carbons (Fsp3) is 0.125. The van der Waals surface area contributed by atoms with Crippen molar-refractivity contribution in [2.45, 2.75) is 6.18 Å². The van der Waals surface area contributed by atoms with E-state index in [1.807, 2.05) is 0 Å². The zero-order chi connectivity index (χ0) is 12.7. The second kappa shape index (κ2) is 4.25. The number of hydrogen-bond acceptors (Lipinski definition) is 3. The molecule has 0 aliphatic heterocycles. The molecule has 0 aliphatic rings. The van der Waals surface area contributed by atoms with Crippen LogP contribution < -0.4 is 0 Å². The van der Waals surface area contributed by atoms with Crippen LogP contribution in [0.4, 0.5) is 13.2 Å². The van der Waals surface area contributed by atoms with Crippen LogP contribution in [0.3, 0.4) is 0 Å². The molecule has 1 rings (SSSR count). The van der Waals surface area contributed by atoms with E-state index >= 15 is 0 Å². The van der Waals surface area contributed by atoms with Gasteiger partial charge in [0.2, 0.25) is 0 Å². The van der Waals surface area contributed by atoms with E-state index in [1.54, 1.807) is 0 Å². The number of benzene rings is 1. The number of carbonyl (C=O) groups excluding carboxylic acids is 1. The SMILES string of the molecule is O=C(c1cc(Br)c(O)c(Br)c1O)C(F)(F)F. The molecule has 0 atom stereocenters. The molecule has 8 heteroatoms. The number of phenols is 2. The molecule has 0 saturated heterocycles. The molecule has 2 N–H and O–H groups in total. The highest BCUT2D eigenvalue weighted by atomic mass is 79.9. The van der Waals surface area contributed by atoms with Gasteiger partial charge in [0.15, 0.2) is 0 Å². The Morgan fingerprint density at radius 1 is 1.19 bits per heavy atom. The van der Waals surface area contributed by atoms with Gasteiger partial charge in [-0.3, -0.25) is 4.79 Å². The first-order chi connectivity index (χ1) is 7.16. The summed E-state index contributed by atoms with van der Waals surface area (Å²) in [6.07, 6.45) is -5.09. The fourth-order valence-electron chi connectivity index (χ4n) is 0.924. The van der Waals surface area contributed by atoms with Gasteiger partial charge in [-0.1, -0.05) is 0 Å². The zero-order valence-corrected chi connectivity index (χ0v) is 10.4. The second-order valence-electron chi connectivity index (χ2n) is 2.74. The van der Waals surface area contributed by atoms with Crippen LogP contribution in [0.1, 0.15) is 10.4 Å². The number of alkyl halides is 3. The minimum absolute atomic E-state index is 0.134. The van der Waals surface area contributed by atoms with Crippen LogP contribution in [0.2, 0.25) is 0 Å². The normalized spacial score (nSPS) is 11.6. The molecule has 0 amide bonds. The molecular formula is C8H3Br2F3O3. The van der Waals surface area contributed by atoms with Gasteiger partial charge >= 0.3 is 6.18 Å². The van der Waals surface area contributed by atoms with Crippen molar-refractivity contribution in [1.82, 2.24) is 0 Å². The highest BCUT2D eigenvalue weighted by Crippen LogP contribution is 2.42. The second-order valence-corrected chi connectivity index (χ2v) is 4.39. The Labute approximate surface area is 104 Å². The third-order valence-corrected chi connectivity index (χ3v) is 3.03. The van der Waals surface area contributed by atoms with E-state index in [2.05, 4.69) is 31.9 Å². The van der Waals surface area contributed by atoms with E-state index in [1.165, 1.54) is 0 Å². The van der Waals surface area contributed by atoms with Crippen LogP contribution in [-0.4, -0.2) is 22.2 Å². The molecule has 0 aliphatic carbocycles. The number of rotatable bonds is 1. The zero-order valence-electron chi connectivity index (χ0n) is 7.27. The third kappa shape index (κ3) is 2.32. The summed E-state index contributed by atoms with van der Waals surface area (Å²) < 4.78 is 35.9. The van der Waals surface area contributed by atoms with Crippen LogP contribution in [0, 0.1) is 0 Å². The molecule has 0 saturated carbocycles. The molecule has 1 aromatic rings. The number of phenolic OH excluding ortho intramolecular Hbond substituents is 2. The van der Waals surface area contributed by atoms with Gasteiger partial charge in [0.1, 0.15) is 16.0 Å². The van der Waals surface area contributed by atoms with Crippen molar-refractivity contribution >= 4 is 37.6 Å². The molecule has 0 radical (unpaired) electrons. The molecule has 88 valence electrons. The van der Waals surface area contributed by atoms with Crippen LogP contribution in [-0.2, 0) is 0 Å². The maximum absolute atomic E-state index is 12.1. The standard InChI is InChI=1S/C8H3Br2F3O3/c9-3-1-2(7(16)8(11,12)13)5(14)4(10)6(3)15/h1,14-15H. The first-order valence-corrected chi connectivity index (χ1v) is 5.26. The Kier molecular flexibility index (Phi) is 3.53. The highest BCUT2D eigenvalue weighted by molar-refractivity contribution is 9.11. The summed E-state index contributed by atoms with van der Waals surface area (Å²) in [4.78, 5) is 10.9. The van der Waals surface area contributed by atoms with Gasteiger partial charge in [0.05, 0.1) is 10.0 Å². The molecule has 3 nitrogen and oxygen atoms in total. The van der Waals surface area contributed by atoms with Crippen LogP contribution >= 0.6 is 31.9 Å². The molecule has 0 aromatic heterocycles. The minimum Gasteiger partial charge on any atom is -0.506 e. The van der Waals surface area contributed by atoms with Crippen molar-refractivity contribution < 1.29 is 28.2 Å². The van der Waals surface area contributed by atoms with Gasteiger partial charge < -0.3 is 10.2 Å². The highest BCUT2D eigenvalue weighted by Gasteiger charge is 2.41. The molecule has 0 heterocycles. The van der Waals surface area contributed by atoms with Crippen molar-refractivity contribution in [2.75, 3.05) is 0 Å². The van der Waals surface area contributed by atoms with Gasteiger partial charge in [-0.2, -0.15) is 13.2 Å². The van der Waals surface area contributed by atoms with Gasteiger partial charge in [-0.05, 0) is 37.9 Å². The van der Waals surface area contributed by atoms with Gasteiger partial charge in [-0.15, -0.1) is 0 Å². The predicted molar refractivity (Wildman–Crippen MR) is 55.6 cm³/mol. The van der Waals surface area contributed by atoms with Gasteiger partial charge in [0.25, 0.3) is 5.78 Å². The summed E-state index contributed by atoms with van der Waals surface area (Å²) in [5.74, 6) is -3.63. The lowest BCUT2D eigenvalue weighted by molar-refractivity contribution is -0.0886. The summed E-state index contributed by atoms with van der Waals surface area (Å²) >= 11 is 5.42. The lowest BCUT2D eigenvalue weighted by atomic mass is 10.1. The summed E-state index contributed by atoms with van der Waals surface area (Å²) in [7, 11) is 0.